The number of anilines is 1. The SMILES string of the molecule is CCN(Cc1ccncc1)c1cc(F)cc(C#N)c1. The van der Waals surface area contributed by atoms with Crippen molar-refractivity contribution in [2.75, 3.05) is 11.4 Å². The highest BCUT2D eigenvalue weighted by molar-refractivity contribution is 5.52. The zero-order chi connectivity index (χ0) is 13.7. The molecule has 0 radical (unpaired) electrons. The molecule has 0 spiro atoms. The fourth-order valence-electron chi connectivity index (χ4n) is 1.92. The van der Waals surface area contributed by atoms with Gasteiger partial charge >= 0.3 is 0 Å². The van der Waals surface area contributed by atoms with Crippen molar-refractivity contribution in [3.8, 4) is 6.07 Å². The second-order valence-corrected chi connectivity index (χ2v) is 4.18. The number of pyridine rings is 1. The number of halogens is 1. The third-order valence-corrected chi connectivity index (χ3v) is 2.88. The van der Waals surface area contributed by atoms with Gasteiger partial charge in [0.25, 0.3) is 0 Å². The van der Waals surface area contributed by atoms with E-state index in [0.29, 0.717) is 12.1 Å². The fraction of sp³-hybridized carbons (Fsp3) is 0.200. The molecule has 19 heavy (non-hydrogen) atoms. The van der Waals surface area contributed by atoms with Crippen molar-refractivity contribution in [3.63, 3.8) is 0 Å². The lowest BCUT2D eigenvalue weighted by Crippen LogP contribution is -2.22. The molecular weight excluding hydrogens is 241 g/mol. The van der Waals surface area contributed by atoms with Crippen LogP contribution in [0.15, 0.2) is 42.7 Å². The van der Waals surface area contributed by atoms with Gasteiger partial charge in [-0.2, -0.15) is 5.26 Å². The zero-order valence-electron chi connectivity index (χ0n) is 10.7. The molecule has 0 aliphatic rings. The summed E-state index contributed by atoms with van der Waals surface area (Å²) in [6.07, 6.45) is 3.46. The van der Waals surface area contributed by atoms with Gasteiger partial charge in [-0.15, -0.1) is 0 Å². The van der Waals surface area contributed by atoms with Crippen LogP contribution in [0.25, 0.3) is 0 Å². The van der Waals surface area contributed by atoms with E-state index in [1.54, 1.807) is 18.5 Å². The molecule has 1 heterocycles. The van der Waals surface area contributed by atoms with Crippen LogP contribution in [-0.4, -0.2) is 11.5 Å². The lowest BCUT2D eigenvalue weighted by molar-refractivity contribution is 0.626. The Balaban J connectivity index is 2.27. The van der Waals surface area contributed by atoms with Crippen molar-refractivity contribution >= 4 is 5.69 Å². The number of hydrogen-bond donors (Lipinski definition) is 0. The molecule has 0 amide bonds. The summed E-state index contributed by atoms with van der Waals surface area (Å²) in [5.41, 5.74) is 2.15. The van der Waals surface area contributed by atoms with Crippen LogP contribution in [0, 0.1) is 17.1 Å². The van der Waals surface area contributed by atoms with Gasteiger partial charge in [0.05, 0.1) is 11.6 Å². The number of rotatable bonds is 4. The van der Waals surface area contributed by atoms with Gasteiger partial charge in [0.2, 0.25) is 0 Å². The Morgan fingerprint density at radius 3 is 2.63 bits per heavy atom. The van der Waals surface area contributed by atoms with Gasteiger partial charge in [-0.05, 0) is 42.8 Å². The summed E-state index contributed by atoms with van der Waals surface area (Å²) in [5.74, 6) is -0.387. The Hall–Kier alpha value is -2.41. The topological polar surface area (TPSA) is 39.9 Å². The van der Waals surface area contributed by atoms with Crippen LogP contribution < -0.4 is 4.90 Å². The first-order valence-corrected chi connectivity index (χ1v) is 6.07. The van der Waals surface area contributed by atoms with E-state index < -0.39 is 0 Å². The van der Waals surface area contributed by atoms with Crippen LogP contribution in [0.4, 0.5) is 10.1 Å². The predicted molar refractivity (Wildman–Crippen MR) is 72.1 cm³/mol. The molecular formula is C15H14FN3. The van der Waals surface area contributed by atoms with Crippen molar-refractivity contribution in [3.05, 3.63) is 59.7 Å². The third-order valence-electron chi connectivity index (χ3n) is 2.88. The fourth-order valence-corrected chi connectivity index (χ4v) is 1.92. The van der Waals surface area contributed by atoms with E-state index in [1.807, 2.05) is 30.0 Å². The molecule has 96 valence electrons. The lowest BCUT2D eigenvalue weighted by atomic mass is 10.1. The van der Waals surface area contributed by atoms with Gasteiger partial charge in [-0.3, -0.25) is 4.98 Å². The minimum atomic E-state index is -0.387. The van der Waals surface area contributed by atoms with E-state index in [1.165, 1.54) is 12.1 Å². The highest BCUT2D eigenvalue weighted by Gasteiger charge is 2.08. The van der Waals surface area contributed by atoms with Crippen LogP contribution in [0.1, 0.15) is 18.1 Å². The molecule has 1 aromatic carbocycles. The van der Waals surface area contributed by atoms with E-state index in [2.05, 4.69) is 4.98 Å². The molecule has 0 unspecified atom stereocenters. The highest BCUT2D eigenvalue weighted by atomic mass is 19.1. The molecule has 3 nitrogen and oxygen atoms in total. The number of hydrogen-bond acceptors (Lipinski definition) is 3. The van der Waals surface area contributed by atoms with Crippen molar-refractivity contribution in [2.24, 2.45) is 0 Å². The Morgan fingerprint density at radius 2 is 2.00 bits per heavy atom. The summed E-state index contributed by atoms with van der Waals surface area (Å²) in [6, 6.07) is 10.2. The molecule has 1 aromatic heterocycles. The number of aromatic nitrogens is 1. The molecule has 0 bridgehead atoms. The molecule has 2 aromatic rings. The Kier molecular flexibility index (Phi) is 4.09. The largest absolute Gasteiger partial charge is 0.367 e. The quantitative estimate of drug-likeness (QED) is 0.842. The molecule has 0 saturated heterocycles. The zero-order valence-corrected chi connectivity index (χ0v) is 10.7. The van der Waals surface area contributed by atoms with Crippen molar-refractivity contribution in [1.82, 2.24) is 4.98 Å². The maximum atomic E-state index is 13.5. The average molecular weight is 255 g/mol. The molecule has 4 heteroatoms. The summed E-state index contributed by atoms with van der Waals surface area (Å²) in [7, 11) is 0. The van der Waals surface area contributed by atoms with Gasteiger partial charge in [0.1, 0.15) is 5.82 Å². The first kappa shape index (κ1) is 13.0. The van der Waals surface area contributed by atoms with E-state index in [0.717, 1.165) is 17.8 Å². The molecule has 0 atom stereocenters. The van der Waals surface area contributed by atoms with Crippen molar-refractivity contribution in [1.29, 1.82) is 5.26 Å². The first-order valence-electron chi connectivity index (χ1n) is 6.07. The van der Waals surface area contributed by atoms with E-state index in [9.17, 15) is 4.39 Å². The maximum absolute atomic E-state index is 13.5. The van der Waals surface area contributed by atoms with Gasteiger partial charge in [-0.1, -0.05) is 0 Å². The van der Waals surface area contributed by atoms with Crippen LogP contribution in [0.5, 0.6) is 0 Å². The summed E-state index contributed by atoms with van der Waals surface area (Å²) >= 11 is 0. The van der Waals surface area contributed by atoms with Crippen molar-refractivity contribution < 1.29 is 4.39 Å². The summed E-state index contributed by atoms with van der Waals surface area (Å²) < 4.78 is 13.5. The molecule has 0 aliphatic heterocycles. The van der Waals surface area contributed by atoms with Gasteiger partial charge in [0, 0.05) is 31.2 Å². The lowest BCUT2D eigenvalue weighted by Gasteiger charge is -2.23. The van der Waals surface area contributed by atoms with Gasteiger partial charge in [-0.25, -0.2) is 4.39 Å². The Morgan fingerprint density at radius 1 is 1.26 bits per heavy atom. The van der Waals surface area contributed by atoms with Gasteiger partial charge in [0.15, 0.2) is 0 Å². The number of benzene rings is 1. The standard InChI is InChI=1S/C15H14FN3/c1-2-19(11-12-3-5-18-6-4-12)15-8-13(10-17)7-14(16)9-15/h3-9H,2,11H2,1H3. The van der Waals surface area contributed by atoms with E-state index in [4.69, 9.17) is 5.26 Å². The second-order valence-electron chi connectivity index (χ2n) is 4.18. The summed E-state index contributed by atoms with van der Waals surface area (Å²) in [5, 5.41) is 8.89. The molecule has 0 aliphatic carbocycles. The van der Waals surface area contributed by atoms with E-state index >= 15 is 0 Å². The monoisotopic (exact) mass is 255 g/mol. The van der Waals surface area contributed by atoms with Crippen LogP contribution in [0.3, 0.4) is 0 Å². The molecule has 0 saturated carbocycles. The van der Waals surface area contributed by atoms with Crippen LogP contribution in [0.2, 0.25) is 0 Å². The highest BCUT2D eigenvalue weighted by Crippen LogP contribution is 2.20. The molecule has 0 fully saturated rings. The molecule has 0 N–H and O–H groups in total. The predicted octanol–water partition coefficient (Wildman–Crippen LogP) is 3.12. The van der Waals surface area contributed by atoms with Gasteiger partial charge < -0.3 is 4.90 Å². The smallest absolute Gasteiger partial charge is 0.126 e. The van der Waals surface area contributed by atoms with Crippen molar-refractivity contribution in [2.45, 2.75) is 13.5 Å². The Labute approximate surface area is 111 Å². The van der Waals surface area contributed by atoms with E-state index in [-0.39, 0.29) is 5.82 Å². The minimum absolute atomic E-state index is 0.336. The van der Waals surface area contributed by atoms with Crippen LogP contribution >= 0.6 is 0 Å². The normalized spacial score (nSPS) is 9.95. The third kappa shape index (κ3) is 3.29. The molecule has 2 rings (SSSR count). The maximum Gasteiger partial charge on any atom is 0.126 e. The minimum Gasteiger partial charge on any atom is -0.367 e. The first-order chi connectivity index (χ1) is 9.22. The summed E-state index contributed by atoms with van der Waals surface area (Å²) in [6.45, 7) is 3.39. The number of nitrogens with zero attached hydrogens (tertiary/aromatic N) is 3. The average Bonchev–Trinajstić information content (AvgIpc) is 2.45. The summed E-state index contributed by atoms with van der Waals surface area (Å²) in [4.78, 5) is 5.98. The Bertz CT molecular complexity index is 590. The number of nitriles is 1. The second kappa shape index (κ2) is 5.96. The van der Waals surface area contributed by atoms with Crippen LogP contribution in [-0.2, 0) is 6.54 Å².